The van der Waals surface area contributed by atoms with Gasteiger partial charge in [0.2, 0.25) is 0 Å². The average Bonchev–Trinajstić information content (AvgIpc) is 2.98. The number of nitrogens with one attached hydrogen (secondary N) is 1. The molecular formula is C19H20N2O3S. The number of hydrogen-bond donors (Lipinski definition) is 1. The molecule has 6 heteroatoms. The first-order valence-corrected chi connectivity index (χ1v) is 8.94. The molecule has 1 atom stereocenters. The van der Waals surface area contributed by atoms with Crippen LogP contribution in [0.3, 0.4) is 0 Å². The minimum atomic E-state index is -0.617. The molecule has 130 valence electrons. The fraction of sp³-hybridized carbons (Fsp3) is 0.263. The van der Waals surface area contributed by atoms with Gasteiger partial charge in [-0.15, -0.1) is 0 Å². The van der Waals surface area contributed by atoms with Crippen molar-refractivity contribution in [1.29, 1.82) is 0 Å². The van der Waals surface area contributed by atoms with E-state index in [1.807, 2.05) is 56.3 Å². The molecule has 0 aliphatic rings. The second-order valence-corrected chi connectivity index (χ2v) is 6.67. The number of ether oxygens (including phenoxy) is 2. The van der Waals surface area contributed by atoms with Crippen molar-refractivity contribution in [3.05, 3.63) is 48.0 Å². The first kappa shape index (κ1) is 17.2. The molecule has 1 heterocycles. The normalized spacial score (nSPS) is 12.0. The summed E-state index contributed by atoms with van der Waals surface area (Å²) in [5.41, 5.74) is 1.97. The molecule has 0 spiro atoms. The van der Waals surface area contributed by atoms with Gasteiger partial charge >= 0.3 is 0 Å². The number of carbonyl (C=O) groups excluding carboxylic acids is 1. The van der Waals surface area contributed by atoms with Crippen molar-refractivity contribution in [2.45, 2.75) is 26.9 Å². The number of hydrogen-bond acceptors (Lipinski definition) is 5. The van der Waals surface area contributed by atoms with Gasteiger partial charge in [0.1, 0.15) is 11.5 Å². The van der Waals surface area contributed by atoms with E-state index in [9.17, 15) is 4.79 Å². The fourth-order valence-corrected chi connectivity index (χ4v) is 3.19. The molecule has 0 aliphatic heterocycles. The Morgan fingerprint density at radius 2 is 1.92 bits per heavy atom. The first-order valence-electron chi connectivity index (χ1n) is 8.12. The topological polar surface area (TPSA) is 60.5 Å². The number of carbonyl (C=O) groups is 1. The first-order chi connectivity index (χ1) is 12.0. The van der Waals surface area contributed by atoms with Crippen LogP contribution in [0.25, 0.3) is 10.2 Å². The summed E-state index contributed by atoms with van der Waals surface area (Å²) in [5, 5.41) is 3.37. The van der Waals surface area contributed by atoms with Crippen molar-refractivity contribution in [3.8, 4) is 11.5 Å². The van der Waals surface area contributed by atoms with Crippen molar-refractivity contribution in [1.82, 2.24) is 4.98 Å². The number of anilines is 1. The highest BCUT2D eigenvalue weighted by Gasteiger charge is 2.17. The Hall–Kier alpha value is -2.60. The zero-order chi connectivity index (χ0) is 17.8. The Bertz CT molecular complexity index is 874. The molecule has 3 aromatic rings. The summed E-state index contributed by atoms with van der Waals surface area (Å²) >= 11 is 1.41. The van der Waals surface area contributed by atoms with Crippen LogP contribution in [0.1, 0.15) is 19.4 Å². The SMILES string of the molecule is CCOc1ccc2nc(NC(=O)[C@@H](C)Oc3ccc(C)cc3)sc2c1. The minimum absolute atomic E-state index is 0.232. The van der Waals surface area contributed by atoms with Gasteiger partial charge in [0.15, 0.2) is 11.2 Å². The van der Waals surface area contributed by atoms with E-state index in [0.29, 0.717) is 17.5 Å². The molecule has 2 aromatic carbocycles. The van der Waals surface area contributed by atoms with Crippen molar-refractivity contribution < 1.29 is 14.3 Å². The molecule has 0 fully saturated rings. The molecule has 1 amide bonds. The van der Waals surface area contributed by atoms with Gasteiger partial charge in [-0.2, -0.15) is 0 Å². The molecule has 0 unspecified atom stereocenters. The molecule has 5 nitrogen and oxygen atoms in total. The molecular weight excluding hydrogens is 336 g/mol. The monoisotopic (exact) mass is 356 g/mol. The van der Waals surface area contributed by atoms with Crippen LogP contribution in [0.4, 0.5) is 5.13 Å². The average molecular weight is 356 g/mol. The van der Waals surface area contributed by atoms with Gasteiger partial charge in [0.05, 0.1) is 16.8 Å². The summed E-state index contributed by atoms with van der Waals surface area (Å²) in [4.78, 5) is 16.8. The second kappa shape index (κ2) is 7.53. The molecule has 1 aromatic heterocycles. The van der Waals surface area contributed by atoms with Crippen LogP contribution in [0.5, 0.6) is 11.5 Å². The maximum atomic E-state index is 12.3. The molecule has 3 rings (SSSR count). The van der Waals surface area contributed by atoms with Gasteiger partial charge in [0.25, 0.3) is 5.91 Å². The molecule has 0 saturated carbocycles. The zero-order valence-corrected chi connectivity index (χ0v) is 15.2. The lowest BCUT2D eigenvalue weighted by molar-refractivity contribution is -0.122. The van der Waals surface area contributed by atoms with E-state index >= 15 is 0 Å². The number of amides is 1. The Kier molecular flexibility index (Phi) is 5.19. The largest absolute Gasteiger partial charge is 0.494 e. The van der Waals surface area contributed by atoms with Gasteiger partial charge in [-0.05, 0) is 51.1 Å². The summed E-state index contributed by atoms with van der Waals surface area (Å²) in [5.74, 6) is 1.23. The molecule has 0 radical (unpaired) electrons. The molecule has 1 N–H and O–H groups in total. The summed E-state index contributed by atoms with van der Waals surface area (Å²) in [7, 11) is 0. The third-order valence-corrected chi connectivity index (χ3v) is 4.54. The lowest BCUT2D eigenvalue weighted by Gasteiger charge is -2.13. The third kappa shape index (κ3) is 4.28. The van der Waals surface area contributed by atoms with E-state index in [2.05, 4.69) is 10.3 Å². The highest BCUT2D eigenvalue weighted by atomic mass is 32.1. The van der Waals surface area contributed by atoms with Crippen LogP contribution >= 0.6 is 11.3 Å². The standard InChI is InChI=1S/C19H20N2O3S/c1-4-23-15-9-10-16-17(11-15)25-19(20-16)21-18(22)13(3)24-14-7-5-12(2)6-8-14/h5-11,13H,4H2,1-3H3,(H,20,21,22)/t13-/m1/s1. The van der Waals surface area contributed by atoms with Gasteiger partial charge in [0, 0.05) is 0 Å². The minimum Gasteiger partial charge on any atom is -0.494 e. The maximum Gasteiger partial charge on any atom is 0.266 e. The van der Waals surface area contributed by atoms with E-state index in [0.717, 1.165) is 21.5 Å². The summed E-state index contributed by atoms with van der Waals surface area (Å²) in [6.45, 7) is 6.28. The maximum absolute atomic E-state index is 12.3. The zero-order valence-electron chi connectivity index (χ0n) is 14.4. The third-order valence-electron chi connectivity index (χ3n) is 3.60. The van der Waals surface area contributed by atoms with Gasteiger partial charge < -0.3 is 9.47 Å². The Morgan fingerprint density at radius 3 is 2.64 bits per heavy atom. The lowest BCUT2D eigenvalue weighted by Crippen LogP contribution is -2.30. The number of aromatic nitrogens is 1. The van der Waals surface area contributed by atoms with E-state index in [1.165, 1.54) is 11.3 Å². The Morgan fingerprint density at radius 1 is 1.20 bits per heavy atom. The van der Waals surface area contributed by atoms with Crippen LogP contribution in [-0.4, -0.2) is 23.6 Å². The predicted molar refractivity (Wildman–Crippen MR) is 101 cm³/mol. The Labute approximate surface area is 150 Å². The van der Waals surface area contributed by atoms with E-state index < -0.39 is 6.10 Å². The predicted octanol–water partition coefficient (Wildman–Crippen LogP) is 4.41. The summed E-state index contributed by atoms with van der Waals surface area (Å²) < 4.78 is 12.1. The van der Waals surface area contributed by atoms with E-state index in [-0.39, 0.29) is 5.91 Å². The van der Waals surface area contributed by atoms with E-state index in [4.69, 9.17) is 9.47 Å². The number of rotatable bonds is 6. The fourth-order valence-electron chi connectivity index (χ4n) is 2.30. The highest BCUT2D eigenvalue weighted by molar-refractivity contribution is 7.22. The quantitative estimate of drug-likeness (QED) is 0.711. The van der Waals surface area contributed by atoms with E-state index in [1.54, 1.807) is 6.92 Å². The van der Waals surface area contributed by atoms with Gasteiger partial charge in [-0.1, -0.05) is 29.0 Å². The van der Waals surface area contributed by atoms with Crippen molar-refractivity contribution in [3.63, 3.8) is 0 Å². The van der Waals surface area contributed by atoms with Crippen molar-refractivity contribution >= 4 is 32.6 Å². The molecule has 0 aliphatic carbocycles. The summed E-state index contributed by atoms with van der Waals surface area (Å²) in [6, 6.07) is 13.3. The van der Waals surface area contributed by atoms with Crippen LogP contribution in [0.15, 0.2) is 42.5 Å². The molecule has 0 bridgehead atoms. The molecule has 25 heavy (non-hydrogen) atoms. The van der Waals surface area contributed by atoms with Crippen LogP contribution in [0.2, 0.25) is 0 Å². The number of aryl methyl sites for hydroxylation is 1. The van der Waals surface area contributed by atoms with Gasteiger partial charge in [-0.3, -0.25) is 10.1 Å². The highest BCUT2D eigenvalue weighted by Crippen LogP contribution is 2.29. The van der Waals surface area contributed by atoms with Crippen LogP contribution in [0, 0.1) is 6.92 Å². The smallest absolute Gasteiger partial charge is 0.266 e. The van der Waals surface area contributed by atoms with Crippen molar-refractivity contribution in [2.75, 3.05) is 11.9 Å². The van der Waals surface area contributed by atoms with Crippen LogP contribution in [-0.2, 0) is 4.79 Å². The summed E-state index contributed by atoms with van der Waals surface area (Å²) in [6.07, 6.45) is -0.617. The second-order valence-electron chi connectivity index (χ2n) is 5.64. The van der Waals surface area contributed by atoms with Crippen molar-refractivity contribution in [2.24, 2.45) is 0 Å². The molecule has 0 saturated heterocycles. The number of fused-ring (bicyclic) bond motifs is 1. The Balaban J connectivity index is 1.67. The number of thiazole rings is 1. The number of nitrogens with zero attached hydrogens (tertiary/aromatic N) is 1. The van der Waals surface area contributed by atoms with Gasteiger partial charge in [-0.25, -0.2) is 4.98 Å². The van der Waals surface area contributed by atoms with Crippen LogP contribution < -0.4 is 14.8 Å². The lowest BCUT2D eigenvalue weighted by atomic mass is 10.2. The number of benzene rings is 2.